The Labute approximate surface area is 177 Å². The molecular weight excluding hydrogens is 403 g/mol. The van der Waals surface area contributed by atoms with Gasteiger partial charge < -0.3 is 14.1 Å². The van der Waals surface area contributed by atoms with Crippen LogP contribution in [0.5, 0.6) is 5.75 Å². The summed E-state index contributed by atoms with van der Waals surface area (Å²) in [4.78, 5) is 18.6. The van der Waals surface area contributed by atoms with Gasteiger partial charge in [-0.1, -0.05) is 12.1 Å². The lowest BCUT2D eigenvalue weighted by molar-refractivity contribution is 0.0770. The van der Waals surface area contributed by atoms with Crippen LogP contribution in [0.4, 0.5) is 4.39 Å². The molecule has 1 amide bonds. The molecule has 0 bridgehead atoms. The molecule has 0 atom stereocenters. The molecule has 0 saturated carbocycles. The van der Waals surface area contributed by atoms with Gasteiger partial charge in [0.25, 0.3) is 5.91 Å². The number of hydrogen-bond acceptors (Lipinski definition) is 5. The van der Waals surface area contributed by atoms with Crippen molar-refractivity contribution in [3.8, 4) is 16.3 Å². The lowest BCUT2D eigenvalue weighted by Gasteiger charge is -2.13. The first kappa shape index (κ1) is 19.8. The van der Waals surface area contributed by atoms with Crippen LogP contribution in [0.3, 0.4) is 0 Å². The summed E-state index contributed by atoms with van der Waals surface area (Å²) in [7, 11) is 1.72. The number of benzene rings is 2. The molecular formula is C23H19FN2O3S. The Bertz CT molecular complexity index is 1120. The summed E-state index contributed by atoms with van der Waals surface area (Å²) in [6.45, 7) is 0.672. The van der Waals surface area contributed by atoms with E-state index in [-0.39, 0.29) is 18.3 Å². The van der Waals surface area contributed by atoms with E-state index < -0.39 is 0 Å². The predicted molar refractivity (Wildman–Crippen MR) is 113 cm³/mol. The van der Waals surface area contributed by atoms with E-state index in [9.17, 15) is 9.18 Å². The molecule has 7 heteroatoms. The molecule has 0 aliphatic heterocycles. The van der Waals surface area contributed by atoms with E-state index in [1.165, 1.54) is 23.5 Å². The largest absolute Gasteiger partial charge is 0.489 e. The number of carbonyl (C=O) groups excluding carboxylic acids is 1. The van der Waals surface area contributed by atoms with E-state index in [1.54, 1.807) is 35.7 Å². The van der Waals surface area contributed by atoms with E-state index in [0.717, 1.165) is 21.9 Å². The number of furan rings is 1. The minimum atomic E-state index is -0.282. The molecule has 0 N–H and O–H groups in total. The fraction of sp³-hybridized carbons (Fsp3) is 0.130. The molecule has 0 aliphatic rings. The van der Waals surface area contributed by atoms with Gasteiger partial charge in [0.15, 0.2) is 0 Å². The van der Waals surface area contributed by atoms with Gasteiger partial charge in [0.1, 0.15) is 34.6 Å². The van der Waals surface area contributed by atoms with Crippen molar-refractivity contribution in [3.05, 3.63) is 95.1 Å². The molecule has 0 radical (unpaired) electrons. The Morgan fingerprint density at radius 2 is 2.00 bits per heavy atom. The molecule has 0 spiro atoms. The SMILES string of the molecule is CN(Cc1ccco1)C(=O)c1csc(-c2ccc(OCc3cccc(F)c3)cc2)n1. The fourth-order valence-electron chi connectivity index (χ4n) is 2.90. The average molecular weight is 422 g/mol. The normalized spacial score (nSPS) is 10.7. The molecule has 0 aliphatic carbocycles. The van der Waals surface area contributed by atoms with E-state index in [0.29, 0.717) is 18.0 Å². The molecule has 4 rings (SSSR count). The number of ether oxygens (including phenoxy) is 1. The zero-order valence-electron chi connectivity index (χ0n) is 16.2. The molecule has 2 aromatic heterocycles. The minimum absolute atomic E-state index is 0.163. The standard InChI is InChI=1S/C23H19FN2O3S/c1-26(13-20-6-3-11-28-20)23(27)21-15-30-22(25-21)17-7-9-19(10-8-17)29-14-16-4-2-5-18(24)12-16/h2-12,15H,13-14H2,1H3. The first-order chi connectivity index (χ1) is 14.6. The van der Waals surface area contributed by atoms with E-state index in [2.05, 4.69) is 4.98 Å². The Morgan fingerprint density at radius 1 is 1.17 bits per heavy atom. The summed E-state index contributed by atoms with van der Waals surface area (Å²) in [5, 5.41) is 2.51. The molecule has 5 nitrogen and oxygen atoms in total. The van der Waals surface area contributed by atoms with Crippen molar-refractivity contribution < 1.29 is 18.3 Å². The monoisotopic (exact) mass is 422 g/mol. The lowest BCUT2D eigenvalue weighted by atomic mass is 10.2. The zero-order valence-corrected chi connectivity index (χ0v) is 17.1. The summed E-state index contributed by atoms with van der Waals surface area (Å²) in [5.41, 5.74) is 2.06. The highest BCUT2D eigenvalue weighted by Crippen LogP contribution is 2.26. The van der Waals surface area contributed by atoms with E-state index in [1.807, 2.05) is 36.4 Å². The van der Waals surface area contributed by atoms with Crippen molar-refractivity contribution >= 4 is 17.2 Å². The average Bonchev–Trinajstić information content (AvgIpc) is 3.44. The smallest absolute Gasteiger partial charge is 0.273 e. The molecule has 0 saturated heterocycles. The molecule has 152 valence electrons. The van der Waals surface area contributed by atoms with Crippen LogP contribution in [0.2, 0.25) is 0 Å². The predicted octanol–water partition coefficient (Wildman–Crippen LogP) is 5.39. The van der Waals surface area contributed by atoms with Crippen LogP contribution in [-0.2, 0) is 13.2 Å². The second kappa shape index (κ2) is 8.92. The number of carbonyl (C=O) groups is 1. The van der Waals surface area contributed by atoms with E-state index >= 15 is 0 Å². The van der Waals surface area contributed by atoms with Gasteiger partial charge in [-0.15, -0.1) is 11.3 Å². The van der Waals surface area contributed by atoms with Crippen LogP contribution < -0.4 is 4.74 Å². The minimum Gasteiger partial charge on any atom is -0.489 e. The molecule has 4 aromatic rings. The highest BCUT2D eigenvalue weighted by Gasteiger charge is 2.17. The number of rotatable bonds is 7. The van der Waals surface area contributed by atoms with Gasteiger partial charge in [-0.25, -0.2) is 9.37 Å². The number of halogens is 1. The summed E-state index contributed by atoms with van der Waals surface area (Å²) in [6, 6.07) is 17.4. The summed E-state index contributed by atoms with van der Waals surface area (Å²) < 4.78 is 24.2. The molecule has 0 unspecified atom stereocenters. The lowest BCUT2D eigenvalue weighted by Crippen LogP contribution is -2.26. The summed E-state index contributed by atoms with van der Waals surface area (Å²) in [5.74, 6) is 0.948. The molecule has 0 fully saturated rings. The summed E-state index contributed by atoms with van der Waals surface area (Å²) >= 11 is 1.41. The Hall–Kier alpha value is -3.45. The number of aromatic nitrogens is 1. The van der Waals surface area contributed by atoms with Crippen LogP contribution in [0.15, 0.2) is 76.7 Å². The molecule has 30 heavy (non-hydrogen) atoms. The van der Waals surface area contributed by atoms with Crippen molar-refractivity contribution in [3.63, 3.8) is 0 Å². The second-order valence-corrected chi connectivity index (χ2v) is 7.58. The highest BCUT2D eigenvalue weighted by atomic mass is 32.1. The quantitative estimate of drug-likeness (QED) is 0.401. The van der Waals surface area contributed by atoms with Crippen LogP contribution in [0.1, 0.15) is 21.8 Å². The van der Waals surface area contributed by atoms with Crippen molar-refractivity contribution in [2.45, 2.75) is 13.2 Å². The Kier molecular flexibility index (Phi) is 5.90. The van der Waals surface area contributed by atoms with Gasteiger partial charge in [0.2, 0.25) is 0 Å². The number of hydrogen-bond donors (Lipinski definition) is 0. The van der Waals surface area contributed by atoms with Gasteiger partial charge in [-0.05, 0) is 54.1 Å². The second-order valence-electron chi connectivity index (χ2n) is 6.72. The third kappa shape index (κ3) is 4.75. The van der Waals surface area contributed by atoms with Gasteiger partial charge >= 0.3 is 0 Å². The van der Waals surface area contributed by atoms with Gasteiger partial charge in [0, 0.05) is 18.0 Å². The van der Waals surface area contributed by atoms with Crippen LogP contribution in [0, 0.1) is 5.82 Å². The third-order valence-electron chi connectivity index (χ3n) is 4.44. The number of thiazole rings is 1. The Morgan fingerprint density at radius 3 is 2.73 bits per heavy atom. The first-order valence-corrected chi connectivity index (χ1v) is 10.2. The molecule has 2 heterocycles. The van der Waals surface area contributed by atoms with Crippen molar-refractivity contribution in [2.24, 2.45) is 0 Å². The van der Waals surface area contributed by atoms with Crippen molar-refractivity contribution in [1.82, 2.24) is 9.88 Å². The van der Waals surface area contributed by atoms with Crippen LogP contribution in [-0.4, -0.2) is 22.8 Å². The maximum absolute atomic E-state index is 13.2. The molecule has 2 aromatic carbocycles. The van der Waals surface area contributed by atoms with Gasteiger partial charge in [0.05, 0.1) is 12.8 Å². The number of amides is 1. The first-order valence-electron chi connectivity index (χ1n) is 9.29. The fourth-order valence-corrected chi connectivity index (χ4v) is 3.70. The van der Waals surface area contributed by atoms with Crippen molar-refractivity contribution in [1.29, 1.82) is 0 Å². The van der Waals surface area contributed by atoms with Crippen LogP contribution >= 0.6 is 11.3 Å². The summed E-state index contributed by atoms with van der Waals surface area (Å²) in [6.07, 6.45) is 1.58. The maximum Gasteiger partial charge on any atom is 0.273 e. The van der Waals surface area contributed by atoms with Gasteiger partial charge in [-0.3, -0.25) is 4.79 Å². The number of nitrogens with zero attached hydrogens (tertiary/aromatic N) is 2. The zero-order chi connectivity index (χ0) is 20.9. The van der Waals surface area contributed by atoms with Crippen LogP contribution in [0.25, 0.3) is 10.6 Å². The van der Waals surface area contributed by atoms with Crippen molar-refractivity contribution in [2.75, 3.05) is 7.05 Å². The highest BCUT2D eigenvalue weighted by molar-refractivity contribution is 7.13. The maximum atomic E-state index is 13.2. The topological polar surface area (TPSA) is 55.6 Å². The van der Waals surface area contributed by atoms with E-state index in [4.69, 9.17) is 9.15 Å². The Balaban J connectivity index is 1.38. The van der Waals surface area contributed by atoms with Gasteiger partial charge in [-0.2, -0.15) is 0 Å². The third-order valence-corrected chi connectivity index (χ3v) is 5.33.